The Morgan fingerprint density at radius 3 is 2.36 bits per heavy atom. The van der Waals surface area contributed by atoms with Crippen molar-refractivity contribution in [1.29, 1.82) is 0 Å². The lowest BCUT2D eigenvalue weighted by Gasteiger charge is -2.63. The Morgan fingerprint density at radius 2 is 1.71 bits per heavy atom. The van der Waals surface area contributed by atoms with Crippen molar-refractivity contribution in [3.8, 4) is 0 Å². The zero-order valence-electron chi connectivity index (χ0n) is 27.2. The molecular formula is C34H56N2O6. The molecule has 42 heavy (non-hydrogen) atoms. The van der Waals surface area contributed by atoms with Crippen LogP contribution in [0.1, 0.15) is 107 Å². The van der Waals surface area contributed by atoms with Gasteiger partial charge < -0.3 is 30.4 Å². The number of carbonyl (C=O) groups excluding carboxylic acids is 2. The van der Waals surface area contributed by atoms with E-state index in [1.165, 1.54) is 12.8 Å². The highest BCUT2D eigenvalue weighted by Gasteiger charge is 2.84. The second kappa shape index (κ2) is 9.73. The van der Waals surface area contributed by atoms with Crippen molar-refractivity contribution in [2.24, 2.45) is 62.4 Å². The van der Waals surface area contributed by atoms with Crippen LogP contribution in [-0.2, 0) is 14.2 Å². The molecule has 6 rings (SSSR count). The minimum absolute atomic E-state index is 0.0242. The first-order valence-electron chi connectivity index (χ1n) is 16.8. The van der Waals surface area contributed by atoms with Crippen molar-refractivity contribution >= 4 is 12.2 Å². The molecule has 13 atom stereocenters. The minimum Gasteiger partial charge on any atom is -0.446 e. The zero-order chi connectivity index (χ0) is 30.6. The van der Waals surface area contributed by atoms with E-state index in [9.17, 15) is 14.7 Å². The molecule has 0 aromatic carbocycles. The lowest BCUT2D eigenvalue weighted by atomic mass is 9.41. The van der Waals surface area contributed by atoms with Gasteiger partial charge in [-0.3, -0.25) is 0 Å². The van der Waals surface area contributed by atoms with E-state index < -0.39 is 18.3 Å². The average Bonchev–Trinajstić information content (AvgIpc) is 3.53. The first-order chi connectivity index (χ1) is 19.6. The number of aliphatic hydroxyl groups is 1. The largest absolute Gasteiger partial charge is 0.446 e. The summed E-state index contributed by atoms with van der Waals surface area (Å²) in [7, 11) is 0. The van der Waals surface area contributed by atoms with Gasteiger partial charge in [-0.25, -0.2) is 9.59 Å². The number of aliphatic hydroxyl groups excluding tert-OH is 1. The molecule has 0 aromatic heterocycles. The van der Waals surface area contributed by atoms with E-state index in [2.05, 4.69) is 53.8 Å². The predicted octanol–water partition coefficient (Wildman–Crippen LogP) is 6.03. The summed E-state index contributed by atoms with van der Waals surface area (Å²) in [5.74, 6) is 1.66. The molecule has 2 spiro atoms. The Kier molecular flexibility index (Phi) is 7.06. The molecule has 1 aliphatic heterocycles. The van der Waals surface area contributed by atoms with Crippen LogP contribution in [0, 0.1) is 56.7 Å². The zero-order valence-corrected chi connectivity index (χ0v) is 27.2. The molecule has 8 nitrogen and oxygen atoms in total. The van der Waals surface area contributed by atoms with Gasteiger partial charge in [-0.1, -0.05) is 48.5 Å². The van der Waals surface area contributed by atoms with Gasteiger partial charge in [0.15, 0.2) is 0 Å². The summed E-state index contributed by atoms with van der Waals surface area (Å²) in [6.07, 6.45) is 5.91. The smallest absolute Gasteiger partial charge is 0.407 e. The summed E-state index contributed by atoms with van der Waals surface area (Å²) in [5, 5.41) is 15.2. The van der Waals surface area contributed by atoms with Gasteiger partial charge in [-0.05, 0) is 104 Å². The van der Waals surface area contributed by atoms with Crippen LogP contribution >= 0.6 is 0 Å². The van der Waals surface area contributed by atoms with Crippen molar-refractivity contribution in [3.63, 3.8) is 0 Å². The van der Waals surface area contributed by atoms with Crippen molar-refractivity contribution in [2.75, 3.05) is 6.54 Å². The summed E-state index contributed by atoms with van der Waals surface area (Å²) in [6, 6.07) is 0. The molecule has 8 heteroatoms. The lowest BCUT2D eigenvalue weighted by Crippen LogP contribution is -2.60. The Balaban J connectivity index is 1.29. The summed E-state index contributed by atoms with van der Waals surface area (Å²) >= 11 is 0. The number of hydrogen-bond donors (Lipinski definition) is 3. The summed E-state index contributed by atoms with van der Waals surface area (Å²) in [5.41, 5.74) is 5.58. The third-order valence-electron chi connectivity index (χ3n) is 14.6. The van der Waals surface area contributed by atoms with Gasteiger partial charge in [0.05, 0.1) is 18.3 Å². The fraction of sp³-hybridized carbons (Fsp3) is 0.941. The molecule has 6 fully saturated rings. The maximum Gasteiger partial charge on any atom is 0.407 e. The molecule has 1 heterocycles. The fourth-order valence-electron chi connectivity index (χ4n) is 12.8. The highest BCUT2D eigenvalue weighted by Crippen LogP contribution is 2.89. The topological polar surface area (TPSA) is 120 Å². The predicted molar refractivity (Wildman–Crippen MR) is 159 cm³/mol. The highest BCUT2D eigenvalue weighted by molar-refractivity contribution is 5.67. The third kappa shape index (κ3) is 3.78. The van der Waals surface area contributed by atoms with Gasteiger partial charge >= 0.3 is 12.2 Å². The molecule has 0 radical (unpaired) electrons. The molecular weight excluding hydrogens is 532 g/mol. The maximum absolute atomic E-state index is 12.5. The monoisotopic (exact) mass is 588 g/mol. The van der Waals surface area contributed by atoms with Crippen LogP contribution < -0.4 is 11.1 Å². The number of carbonyl (C=O) groups is 2. The number of primary amides is 1. The van der Waals surface area contributed by atoms with Crippen LogP contribution in [0.25, 0.3) is 0 Å². The number of ether oxygens (including phenoxy) is 3. The van der Waals surface area contributed by atoms with Crippen molar-refractivity contribution in [2.45, 2.75) is 137 Å². The SMILES string of the molecule is CCNC(=O)O[C@H](C(C)C)C1C[C@@H](C)[C@H]2C(O1)[C@H](O)[C@@]1(C)C3CC[C@H]4C(C)(C)[C@@H](OC(N)=O)CC[C@@]45CC35CC[C@]21C. The van der Waals surface area contributed by atoms with Crippen molar-refractivity contribution in [1.82, 2.24) is 5.32 Å². The van der Waals surface area contributed by atoms with Crippen molar-refractivity contribution in [3.05, 3.63) is 0 Å². The third-order valence-corrected chi connectivity index (χ3v) is 14.6. The summed E-state index contributed by atoms with van der Waals surface area (Å²) < 4.78 is 18.5. The van der Waals surface area contributed by atoms with Crippen LogP contribution in [0.15, 0.2) is 0 Å². The Morgan fingerprint density at radius 1 is 1.05 bits per heavy atom. The van der Waals surface area contributed by atoms with E-state index in [4.69, 9.17) is 19.9 Å². The highest BCUT2D eigenvalue weighted by atomic mass is 16.6. The molecule has 5 saturated carbocycles. The van der Waals surface area contributed by atoms with E-state index in [1.54, 1.807) is 0 Å². The van der Waals surface area contributed by atoms with E-state index in [0.29, 0.717) is 24.3 Å². The summed E-state index contributed by atoms with van der Waals surface area (Å²) in [6.45, 7) is 18.3. The lowest BCUT2D eigenvalue weighted by molar-refractivity contribution is -0.184. The van der Waals surface area contributed by atoms with Gasteiger partial charge in [-0.15, -0.1) is 0 Å². The van der Waals surface area contributed by atoms with Gasteiger partial charge in [0.2, 0.25) is 0 Å². The first-order valence-corrected chi connectivity index (χ1v) is 16.8. The number of alkyl carbamates (subject to hydrolysis) is 1. The van der Waals surface area contributed by atoms with E-state index in [0.717, 1.165) is 38.5 Å². The second-order valence-electron chi connectivity index (χ2n) is 16.6. The van der Waals surface area contributed by atoms with Crippen LogP contribution in [0.5, 0.6) is 0 Å². The molecule has 5 aliphatic carbocycles. The number of fused-ring (bicyclic) bond motifs is 4. The average molecular weight is 589 g/mol. The normalized spacial score (nSPS) is 50.7. The van der Waals surface area contributed by atoms with Crippen LogP contribution in [0.3, 0.4) is 0 Å². The standard InChI is InChI=1S/C34H56N2O6/c1-9-36-29(39)42-25(18(2)3)20-16-19(4)24-26(40-20)27(37)32(8)22-11-10-21-30(5,6)23(41-28(35)38)12-13-33(21)17-34(22,33)15-14-31(24,32)7/h18-27,37H,9-17H2,1-8H3,(H2,35,38)(H,36,39)/t19-,20?,21+,22?,23+,24+,25-,26?,27+,31-,32-,33-,34?/m1/s1. The fourth-order valence-corrected chi connectivity index (χ4v) is 12.8. The molecule has 1 saturated heterocycles. The maximum atomic E-state index is 12.5. The molecule has 2 amide bonds. The molecule has 4 unspecified atom stereocenters. The van der Waals surface area contributed by atoms with Crippen LogP contribution in [0.4, 0.5) is 9.59 Å². The number of rotatable bonds is 5. The van der Waals surface area contributed by atoms with Crippen molar-refractivity contribution < 1.29 is 28.9 Å². The summed E-state index contributed by atoms with van der Waals surface area (Å²) in [4.78, 5) is 24.2. The molecule has 0 aromatic rings. The quantitative estimate of drug-likeness (QED) is 0.361. The Labute approximate surface area is 252 Å². The Hall–Kier alpha value is -1.54. The molecule has 4 N–H and O–H groups in total. The molecule has 6 aliphatic rings. The van der Waals surface area contributed by atoms with E-state index in [-0.39, 0.29) is 63.3 Å². The van der Waals surface area contributed by atoms with Gasteiger partial charge in [0.25, 0.3) is 0 Å². The van der Waals surface area contributed by atoms with E-state index in [1.807, 2.05) is 6.92 Å². The molecule has 0 bridgehead atoms. The number of amides is 2. The number of nitrogens with two attached hydrogens (primary N) is 1. The van der Waals surface area contributed by atoms with Gasteiger partial charge in [0, 0.05) is 17.4 Å². The Bertz CT molecular complexity index is 1110. The number of hydrogen-bond acceptors (Lipinski definition) is 6. The first kappa shape index (κ1) is 30.5. The number of nitrogens with one attached hydrogen (secondary N) is 1. The second-order valence-corrected chi connectivity index (χ2v) is 16.6. The van der Waals surface area contributed by atoms with Crippen LogP contribution in [0.2, 0.25) is 0 Å². The van der Waals surface area contributed by atoms with Gasteiger partial charge in [-0.2, -0.15) is 0 Å². The van der Waals surface area contributed by atoms with E-state index >= 15 is 0 Å². The molecule has 238 valence electrons. The minimum atomic E-state index is -0.663. The van der Waals surface area contributed by atoms with Crippen LogP contribution in [-0.4, -0.2) is 54.4 Å². The van der Waals surface area contributed by atoms with Gasteiger partial charge in [0.1, 0.15) is 12.2 Å².